The lowest BCUT2D eigenvalue weighted by atomic mass is 10.2. The highest BCUT2D eigenvalue weighted by atomic mass is 32.1. The average molecular weight is 361 g/mol. The van der Waals surface area contributed by atoms with Crippen LogP contribution in [0.15, 0.2) is 24.3 Å². The Bertz CT molecular complexity index is 629. The normalized spacial score (nSPS) is 21.7. The highest BCUT2D eigenvalue weighted by Crippen LogP contribution is 2.36. The Hall–Kier alpha value is -1.62. The van der Waals surface area contributed by atoms with Gasteiger partial charge in [0.25, 0.3) is 5.91 Å². The third kappa shape index (κ3) is 4.32. The van der Waals surface area contributed by atoms with Crippen molar-refractivity contribution in [1.29, 1.82) is 0 Å². The molecule has 1 unspecified atom stereocenters. The van der Waals surface area contributed by atoms with E-state index in [1.54, 1.807) is 11.3 Å². The number of likely N-dealkylation sites (tertiary alicyclic amines) is 2. The molecule has 2 aliphatic heterocycles. The lowest BCUT2D eigenvalue weighted by Gasteiger charge is -2.23. The molecular formula is C20H28N2O2S. The molecule has 5 heteroatoms. The van der Waals surface area contributed by atoms with Crippen LogP contribution in [0, 0.1) is 0 Å². The second-order valence-corrected chi connectivity index (χ2v) is 8.04. The number of amides is 2. The molecule has 0 N–H and O–H groups in total. The fourth-order valence-electron chi connectivity index (χ4n) is 3.77. The molecule has 1 aromatic rings. The number of carbonyl (C=O) groups is 2. The van der Waals surface area contributed by atoms with Gasteiger partial charge >= 0.3 is 0 Å². The van der Waals surface area contributed by atoms with E-state index >= 15 is 0 Å². The third-order valence-corrected chi connectivity index (χ3v) is 6.34. The lowest BCUT2D eigenvalue weighted by molar-refractivity contribution is -0.131. The van der Waals surface area contributed by atoms with E-state index in [1.807, 2.05) is 34.9 Å². The van der Waals surface area contributed by atoms with Crippen molar-refractivity contribution in [2.24, 2.45) is 0 Å². The highest BCUT2D eigenvalue weighted by molar-refractivity contribution is 7.14. The summed E-state index contributed by atoms with van der Waals surface area (Å²) in [6.45, 7) is 4.52. The molecule has 2 amide bonds. The van der Waals surface area contributed by atoms with E-state index in [1.165, 1.54) is 12.8 Å². The minimum atomic E-state index is 0.147. The molecular weight excluding hydrogens is 332 g/mol. The predicted molar refractivity (Wildman–Crippen MR) is 102 cm³/mol. The van der Waals surface area contributed by atoms with Crippen LogP contribution >= 0.6 is 11.3 Å². The summed E-state index contributed by atoms with van der Waals surface area (Å²) < 4.78 is 0. The molecule has 25 heavy (non-hydrogen) atoms. The number of nitrogens with zero attached hydrogens (tertiary/aromatic N) is 2. The van der Waals surface area contributed by atoms with Gasteiger partial charge in [-0.25, -0.2) is 0 Å². The van der Waals surface area contributed by atoms with Crippen molar-refractivity contribution in [3.05, 3.63) is 34.0 Å². The fourth-order valence-corrected chi connectivity index (χ4v) is 4.90. The molecule has 1 aromatic heterocycles. The smallest absolute Gasteiger partial charge is 0.263 e. The third-order valence-electron chi connectivity index (χ3n) is 5.16. The standard InChI is InChI=1S/C20H28N2O2S/c1-2-3-10-19(23)22-15-8-9-16(22)17-11-12-18(25-17)20(24)21-13-6-4-5-7-14-21/h2-3,11-12,16H,4-10,13-15H2,1H3. The molecule has 4 nitrogen and oxygen atoms in total. The van der Waals surface area contributed by atoms with Crippen LogP contribution < -0.4 is 0 Å². The number of hydrogen-bond acceptors (Lipinski definition) is 3. The van der Waals surface area contributed by atoms with Gasteiger partial charge in [0.15, 0.2) is 0 Å². The number of carbonyl (C=O) groups excluding carboxylic acids is 2. The van der Waals surface area contributed by atoms with Gasteiger partial charge in [0, 0.05) is 30.9 Å². The summed E-state index contributed by atoms with van der Waals surface area (Å²) in [5.74, 6) is 0.359. The molecule has 1 atom stereocenters. The second kappa shape index (κ2) is 8.65. The summed E-state index contributed by atoms with van der Waals surface area (Å²) in [4.78, 5) is 31.2. The SMILES string of the molecule is CC=CCC(=O)N1CCCC1c1ccc(C(=O)N2CCCCCC2)s1. The number of thiophene rings is 1. The molecule has 0 bridgehead atoms. The van der Waals surface area contributed by atoms with Gasteiger partial charge in [-0.05, 0) is 44.7 Å². The van der Waals surface area contributed by atoms with E-state index in [2.05, 4.69) is 6.07 Å². The molecule has 2 aliphatic rings. The van der Waals surface area contributed by atoms with Crippen LogP contribution in [-0.4, -0.2) is 41.2 Å². The Balaban J connectivity index is 1.69. The van der Waals surface area contributed by atoms with Gasteiger partial charge in [0.2, 0.25) is 5.91 Å². The van der Waals surface area contributed by atoms with E-state index in [0.29, 0.717) is 6.42 Å². The maximum absolute atomic E-state index is 12.8. The Morgan fingerprint density at radius 1 is 1.12 bits per heavy atom. The first-order valence-corrected chi connectivity index (χ1v) is 10.3. The molecule has 3 rings (SSSR count). The molecule has 0 radical (unpaired) electrons. The van der Waals surface area contributed by atoms with Gasteiger partial charge in [0.05, 0.1) is 10.9 Å². The topological polar surface area (TPSA) is 40.6 Å². The molecule has 2 fully saturated rings. The van der Waals surface area contributed by atoms with Crippen molar-refractivity contribution in [3.8, 4) is 0 Å². The van der Waals surface area contributed by atoms with Gasteiger partial charge in [-0.15, -0.1) is 11.3 Å². The van der Waals surface area contributed by atoms with Crippen LogP contribution in [0.25, 0.3) is 0 Å². The first kappa shape index (κ1) is 18.2. The Morgan fingerprint density at radius 3 is 2.60 bits per heavy atom. The quantitative estimate of drug-likeness (QED) is 0.747. The van der Waals surface area contributed by atoms with Crippen molar-refractivity contribution >= 4 is 23.2 Å². The van der Waals surface area contributed by atoms with E-state index in [9.17, 15) is 9.59 Å². The molecule has 0 spiro atoms. The summed E-state index contributed by atoms with van der Waals surface area (Å²) >= 11 is 1.58. The van der Waals surface area contributed by atoms with Crippen LogP contribution in [0.4, 0.5) is 0 Å². The van der Waals surface area contributed by atoms with Crippen molar-refractivity contribution in [3.63, 3.8) is 0 Å². The van der Waals surface area contributed by atoms with Crippen molar-refractivity contribution < 1.29 is 9.59 Å². The van der Waals surface area contributed by atoms with Gasteiger partial charge in [-0.2, -0.15) is 0 Å². The Labute approximate surface area is 154 Å². The first-order chi connectivity index (χ1) is 12.2. The van der Waals surface area contributed by atoms with Crippen LogP contribution in [-0.2, 0) is 4.79 Å². The first-order valence-electron chi connectivity index (χ1n) is 9.50. The maximum atomic E-state index is 12.8. The Kier molecular flexibility index (Phi) is 6.29. The van der Waals surface area contributed by atoms with Gasteiger partial charge in [-0.1, -0.05) is 25.0 Å². The predicted octanol–water partition coefficient (Wildman–Crippen LogP) is 4.39. The minimum absolute atomic E-state index is 0.147. The van der Waals surface area contributed by atoms with Crippen LogP contribution in [0.2, 0.25) is 0 Å². The second-order valence-electron chi connectivity index (χ2n) is 6.93. The monoisotopic (exact) mass is 360 g/mol. The van der Waals surface area contributed by atoms with E-state index in [4.69, 9.17) is 0 Å². The maximum Gasteiger partial charge on any atom is 0.263 e. The van der Waals surface area contributed by atoms with E-state index < -0.39 is 0 Å². The summed E-state index contributed by atoms with van der Waals surface area (Å²) in [5.41, 5.74) is 0. The number of hydrogen-bond donors (Lipinski definition) is 0. The molecule has 3 heterocycles. The van der Waals surface area contributed by atoms with Crippen molar-refractivity contribution in [2.75, 3.05) is 19.6 Å². The van der Waals surface area contributed by atoms with Crippen LogP contribution in [0.3, 0.4) is 0 Å². The fraction of sp³-hybridized carbons (Fsp3) is 0.600. The van der Waals surface area contributed by atoms with E-state index in [-0.39, 0.29) is 17.9 Å². The van der Waals surface area contributed by atoms with Crippen LogP contribution in [0.5, 0.6) is 0 Å². The molecule has 136 valence electrons. The Morgan fingerprint density at radius 2 is 1.88 bits per heavy atom. The van der Waals surface area contributed by atoms with E-state index in [0.717, 1.165) is 55.1 Å². The zero-order valence-electron chi connectivity index (χ0n) is 15.1. The average Bonchev–Trinajstić information content (AvgIpc) is 3.22. The summed E-state index contributed by atoms with van der Waals surface area (Å²) in [5, 5.41) is 0. The summed E-state index contributed by atoms with van der Waals surface area (Å²) in [7, 11) is 0. The van der Waals surface area contributed by atoms with Gasteiger partial charge in [0.1, 0.15) is 0 Å². The van der Waals surface area contributed by atoms with Crippen molar-refractivity contribution in [2.45, 2.75) is 57.9 Å². The zero-order valence-corrected chi connectivity index (χ0v) is 15.9. The highest BCUT2D eigenvalue weighted by Gasteiger charge is 2.31. The van der Waals surface area contributed by atoms with Crippen molar-refractivity contribution in [1.82, 2.24) is 9.80 Å². The summed E-state index contributed by atoms with van der Waals surface area (Å²) in [6.07, 6.45) is 11.0. The van der Waals surface area contributed by atoms with Crippen LogP contribution in [0.1, 0.15) is 72.5 Å². The van der Waals surface area contributed by atoms with Gasteiger partial charge < -0.3 is 9.80 Å². The largest absolute Gasteiger partial charge is 0.338 e. The number of rotatable bonds is 4. The molecule has 2 saturated heterocycles. The molecule has 0 saturated carbocycles. The zero-order chi connectivity index (χ0) is 17.6. The van der Waals surface area contributed by atoms with Gasteiger partial charge in [-0.3, -0.25) is 9.59 Å². The lowest BCUT2D eigenvalue weighted by Crippen LogP contribution is -2.31. The minimum Gasteiger partial charge on any atom is -0.338 e. The molecule has 0 aromatic carbocycles. The molecule has 0 aliphatic carbocycles. The summed E-state index contributed by atoms with van der Waals surface area (Å²) in [6, 6.07) is 4.16. The number of allylic oxidation sites excluding steroid dienone is 1.